The Kier molecular flexibility index (Phi) is 47.0. The van der Waals surface area contributed by atoms with Crippen LogP contribution < -0.4 is 0 Å². The lowest BCUT2D eigenvalue weighted by molar-refractivity contribution is -0.167. The van der Waals surface area contributed by atoms with Gasteiger partial charge in [0.15, 0.2) is 6.10 Å². The Bertz CT molecular complexity index is 1260. The zero-order valence-electron chi connectivity index (χ0n) is 40.1. The van der Waals surface area contributed by atoms with Gasteiger partial charge in [-0.15, -0.1) is 0 Å². The molecule has 0 heterocycles. The topological polar surface area (TPSA) is 78.9 Å². The monoisotopic (exact) mass is 861 g/mol. The van der Waals surface area contributed by atoms with Gasteiger partial charge in [0.25, 0.3) is 0 Å². The molecule has 0 aromatic rings. The molecule has 0 aliphatic rings. The first kappa shape index (κ1) is 58.3. The maximum atomic E-state index is 12.8. The SMILES string of the molecule is CC/C=C\C/C=C\C/C=C\C/C=C\C/C=C\C/C=C\CCCCC(=O)OCC(COC(=O)CCCCCCC/C=C\CCC)OC(=O)CCCCCCC/C=C\CCCCCC. The molecule has 1 atom stereocenters. The van der Waals surface area contributed by atoms with E-state index in [4.69, 9.17) is 14.2 Å². The van der Waals surface area contributed by atoms with Gasteiger partial charge < -0.3 is 14.2 Å². The molecule has 6 nitrogen and oxygen atoms in total. The molecule has 0 saturated carbocycles. The highest BCUT2D eigenvalue weighted by molar-refractivity contribution is 5.71. The lowest BCUT2D eigenvalue weighted by atomic mass is 10.1. The summed E-state index contributed by atoms with van der Waals surface area (Å²) in [7, 11) is 0. The molecule has 0 aromatic heterocycles. The van der Waals surface area contributed by atoms with Crippen LogP contribution in [0.5, 0.6) is 0 Å². The van der Waals surface area contributed by atoms with Crippen molar-refractivity contribution >= 4 is 17.9 Å². The van der Waals surface area contributed by atoms with Crippen molar-refractivity contribution in [2.24, 2.45) is 0 Å². The van der Waals surface area contributed by atoms with Crippen LogP contribution in [-0.2, 0) is 28.6 Å². The minimum Gasteiger partial charge on any atom is -0.462 e. The number of esters is 3. The van der Waals surface area contributed by atoms with E-state index in [1.54, 1.807) is 0 Å². The van der Waals surface area contributed by atoms with Gasteiger partial charge in [0.2, 0.25) is 0 Å². The molecule has 1 unspecified atom stereocenters. The molecular formula is C56H92O6. The molecule has 0 rings (SSSR count). The van der Waals surface area contributed by atoms with Gasteiger partial charge in [0, 0.05) is 19.3 Å². The number of hydrogen-bond donors (Lipinski definition) is 0. The lowest BCUT2D eigenvalue weighted by Gasteiger charge is -2.18. The number of rotatable bonds is 44. The Morgan fingerprint density at radius 3 is 1.10 bits per heavy atom. The predicted octanol–water partition coefficient (Wildman–Crippen LogP) is 16.6. The van der Waals surface area contributed by atoms with Crippen molar-refractivity contribution in [1.29, 1.82) is 0 Å². The molecule has 0 radical (unpaired) electrons. The molecule has 0 N–H and O–H groups in total. The second-order valence-electron chi connectivity index (χ2n) is 16.3. The predicted molar refractivity (Wildman–Crippen MR) is 265 cm³/mol. The van der Waals surface area contributed by atoms with Gasteiger partial charge in [0.05, 0.1) is 0 Å². The van der Waals surface area contributed by atoms with Crippen LogP contribution in [0, 0.1) is 0 Å². The van der Waals surface area contributed by atoms with Crippen molar-refractivity contribution in [2.75, 3.05) is 13.2 Å². The number of ether oxygens (including phenoxy) is 3. The highest BCUT2D eigenvalue weighted by Gasteiger charge is 2.19. The molecule has 62 heavy (non-hydrogen) atoms. The number of carbonyl (C=O) groups is 3. The molecule has 352 valence electrons. The summed E-state index contributed by atoms with van der Waals surface area (Å²) in [4.78, 5) is 37.9. The Morgan fingerprint density at radius 1 is 0.339 bits per heavy atom. The second-order valence-corrected chi connectivity index (χ2v) is 16.3. The van der Waals surface area contributed by atoms with Crippen LogP contribution in [0.15, 0.2) is 97.2 Å². The van der Waals surface area contributed by atoms with Gasteiger partial charge in [0.1, 0.15) is 13.2 Å². The summed E-state index contributed by atoms with van der Waals surface area (Å²) in [6.07, 6.45) is 65.4. The molecular weight excluding hydrogens is 769 g/mol. The Labute approximate surface area is 381 Å². The third-order valence-electron chi connectivity index (χ3n) is 10.3. The van der Waals surface area contributed by atoms with Crippen molar-refractivity contribution in [3.8, 4) is 0 Å². The van der Waals surface area contributed by atoms with E-state index in [1.807, 2.05) is 0 Å². The molecule has 0 spiro atoms. The van der Waals surface area contributed by atoms with Crippen molar-refractivity contribution in [3.05, 3.63) is 97.2 Å². The van der Waals surface area contributed by atoms with E-state index >= 15 is 0 Å². The Balaban J connectivity index is 4.44. The molecule has 0 fully saturated rings. The van der Waals surface area contributed by atoms with Crippen LogP contribution >= 0.6 is 0 Å². The van der Waals surface area contributed by atoms with Gasteiger partial charge in [-0.3, -0.25) is 14.4 Å². The lowest BCUT2D eigenvalue weighted by Crippen LogP contribution is -2.30. The van der Waals surface area contributed by atoms with Gasteiger partial charge >= 0.3 is 17.9 Å². The van der Waals surface area contributed by atoms with Crippen LogP contribution in [-0.4, -0.2) is 37.2 Å². The molecule has 0 aliphatic carbocycles. The zero-order chi connectivity index (χ0) is 45.1. The first-order valence-electron chi connectivity index (χ1n) is 25.2. The Hall–Kier alpha value is -3.67. The average molecular weight is 861 g/mol. The summed E-state index contributed by atoms with van der Waals surface area (Å²) < 4.78 is 16.7. The minimum absolute atomic E-state index is 0.100. The fourth-order valence-electron chi connectivity index (χ4n) is 6.50. The van der Waals surface area contributed by atoms with E-state index in [-0.39, 0.29) is 31.1 Å². The first-order valence-corrected chi connectivity index (χ1v) is 25.2. The summed E-state index contributed by atoms with van der Waals surface area (Å²) in [6, 6.07) is 0. The van der Waals surface area contributed by atoms with Crippen molar-refractivity contribution in [1.82, 2.24) is 0 Å². The highest BCUT2D eigenvalue weighted by atomic mass is 16.6. The number of hydrogen-bond acceptors (Lipinski definition) is 6. The molecule has 0 aromatic carbocycles. The third-order valence-corrected chi connectivity index (χ3v) is 10.3. The van der Waals surface area contributed by atoms with Crippen LogP contribution in [0.1, 0.15) is 220 Å². The maximum Gasteiger partial charge on any atom is 0.306 e. The van der Waals surface area contributed by atoms with Crippen LogP contribution in [0.4, 0.5) is 0 Å². The standard InChI is InChI=1S/C56H92O6/c1-4-7-10-13-16-19-22-24-25-26-27-28-29-30-31-33-34-37-40-43-46-49-55(58)61-52-53(51-60-54(57)48-45-42-39-36-21-18-15-12-9-6-3)62-56(59)50-47-44-41-38-35-32-23-20-17-14-11-8-5-2/h7,10,12,15-16,19-20,23-25,27-28,30-31,34,37,53H,4-6,8-9,11,13-14,17-18,21-22,26,29,32-33,35-36,38-52H2,1-3H3/b10-7-,15-12-,19-16-,23-20-,25-24-,28-27-,31-30-,37-34-. The zero-order valence-corrected chi connectivity index (χ0v) is 40.1. The summed E-state index contributed by atoms with van der Waals surface area (Å²) in [5.41, 5.74) is 0. The smallest absolute Gasteiger partial charge is 0.306 e. The number of carbonyl (C=O) groups excluding carboxylic acids is 3. The highest BCUT2D eigenvalue weighted by Crippen LogP contribution is 2.13. The van der Waals surface area contributed by atoms with E-state index in [9.17, 15) is 14.4 Å². The van der Waals surface area contributed by atoms with Gasteiger partial charge in [-0.1, -0.05) is 182 Å². The molecule has 0 saturated heterocycles. The molecule has 0 amide bonds. The third kappa shape index (κ3) is 47.4. The normalized spacial score (nSPS) is 12.9. The maximum absolute atomic E-state index is 12.8. The number of allylic oxidation sites excluding steroid dienone is 16. The van der Waals surface area contributed by atoms with Gasteiger partial charge in [-0.25, -0.2) is 0 Å². The summed E-state index contributed by atoms with van der Waals surface area (Å²) >= 11 is 0. The fourth-order valence-corrected chi connectivity index (χ4v) is 6.50. The van der Waals surface area contributed by atoms with Gasteiger partial charge in [-0.2, -0.15) is 0 Å². The van der Waals surface area contributed by atoms with Crippen LogP contribution in [0.25, 0.3) is 0 Å². The second kappa shape index (κ2) is 50.0. The average Bonchev–Trinajstić information content (AvgIpc) is 3.27. The van der Waals surface area contributed by atoms with Crippen molar-refractivity contribution in [2.45, 2.75) is 226 Å². The van der Waals surface area contributed by atoms with E-state index in [0.29, 0.717) is 19.3 Å². The van der Waals surface area contributed by atoms with E-state index in [1.165, 1.54) is 51.4 Å². The van der Waals surface area contributed by atoms with Gasteiger partial charge in [-0.05, 0) is 116 Å². The summed E-state index contributed by atoms with van der Waals surface area (Å²) in [5.74, 6) is -0.970. The van der Waals surface area contributed by atoms with E-state index in [2.05, 4.69) is 118 Å². The van der Waals surface area contributed by atoms with Crippen molar-refractivity contribution < 1.29 is 28.6 Å². The van der Waals surface area contributed by atoms with Crippen molar-refractivity contribution in [3.63, 3.8) is 0 Å². The van der Waals surface area contributed by atoms with Crippen LogP contribution in [0.2, 0.25) is 0 Å². The first-order chi connectivity index (χ1) is 30.5. The quantitative estimate of drug-likeness (QED) is 0.0263. The van der Waals surface area contributed by atoms with E-state index in [0.717, 1.165) is 128 Å². The molecule has 0 aliphatic heterocycles. The Morgan fingerprint density at radius 2 is 0.661 bits per heavy atom. The molecule has 0 bridgehead atoms. The minimum atomic E-state index is -0.802. The fraction of sp³-hybridized carbons (Fsp3) is 0.661. The summed E-state index contributed by atoms with van der Waals surface area (Å²) in [6.45, 7) is 6.38. The van der Waals surface area contributed by atoms with Crippen LogP contribution in [0.3, 0.4) is 0 Å². The summed E-state index contributed by atoms with van der Waals surface area (Å²) in [5, 5.41) is 0. The largest absolute Gasteiger partial charge is 0.462 e. The number of unbranched alkanes of at least 4 members (excludes halogenated alkanes) is 17. The van der Waals surface area contributed by atoms with E-state index < -0.39 is 6.10 Å². The molecule has 6 heteroatoms.